The van der Waals surface area contributed by atoms with Crippen molar-refractivity contribution in [2.24, 2.45) is 0 Å². The zero-order chi connectivity index (χ0) is 10.3. The summed E-state index contributed by atoms with van der Waals surface area (Å²) in [7, 11) is 0. The normalized spacial score (nSPS) is 12.2. The Morgan fingerprint density at radius 1 is 1.36 bits per heavy atom. The van der Waals surface area contributed by atoms with E-state index in [1.165, 1.54) is 6.20 Å². The maximum absolute atomic E-state index is 9.23. The lowest BCUT2D eigenvalue weighted by Gasteiger charge is -2.13. The maximum atomic E-state index is 9.23. The average Bonchev–Trinajstić information content (AvgIpc) is 2.45. The molecular weight excluding hydrogens is 178 g/mol. The lowest BCUT2D eigenvalue weighted by atomic mass is 9.93. The van der Waals surface area contributed by atoms with Crippen molar-refractivity contribution in [2.45, 2.75) is 26.2 Å². The minimum Gasteiger partial charge on any atom is -0.506 e. The van der Waals surface area contributed by atoms with Gasteiger partial charge in [0.1, 0.15) is 5.75 Å². The molecule has 0 amide bonds. The summed E-state index contributed by atoms with van der Waals surface area (Å²) in [5.41, 5.74) is 1.65. The second-order valence-electron chi connectivity index (χ2n) is 4.39. The molecule has 0 saturated heterocycles. The molecule has 4 nitrogen and oxygen atoms in total. The van der Waals surface area contributed by atoms with Crippen LogP contribution in [0.25, 0.3) is 5.65 Å². The monoisotopic (exact) mass is 191 g/mol. The molecular formula is C10H13N3O. The molecule has 2 aromatic heterocycles. The summed E-state index contributed by atoms with van der Waals surface area (Å²) in [6.45, 7) is 6.28. The first-order valence-corrected chi connectivity index (χ1v) is 4.52. The fraction of sp³-hybridized carbons (Fsp3) is 0.400. The Morgan fingerprint density at radius 2 is 2.07 bits per heavy atom. The number of hydrogen-bond donors (Lipinski definition) is 1. The van der Waals surface area contributed by atoms with Gasteiger partial charge in [0.15, 0.2) is 5.65 Å². The van der Waals surface area contributed by atoms with Crippen LogP contribution in [-0.4, -0.2) is 19.7 Å². The second kappa shape index (κ2) is 2.70. The van der Waals surface area contributed by atoms with Crippen molar-refractivity contribution in [1.29, 1.82) is 0 Å². The van der Waals surface area contributed by atoms with Gasteiger partial charge in [0.05, 0.1) is 18.1 Å². The minimum atomic E-state index is 0.00329. The lowest BCUT2D eigenvalue weighted by molar-refractivity contribution is 0.471. The molecule has 0 aliphatic carbocycles. The molecule has 0 aliphatic heterocycles. The number of aromatic nitrogens is 3. The van der Waals surface area contributed by atoms with Crippen molar-refractivity contribution < 1.29 is 5.11 Å². The zero-order valence-electron chi connectivity index (χ0n) is 8.52. The minimum absolute atomic E-state index is 0.00329. The molecule has 0 atom stereocenters. The first kappa shape index (κ1) is 8.99. The molecule has 0 bridgehead atoms. The van der Waals surface area contributed by atoms with Gasteiger partial charge < -0.3 is 5.11 Å². The molecule has 74 valence electrons. The largest absolute Gasteiger partial charge is 0.506 e. The van der Waals surface area contributed by atoms with E-state index in [1.54, 1.807) is 10.6 Å². The third-order valence-electron chi connectivity index (χ3n) is 2.07. The van der Waals surface area contributed by atoms with Crippen LogP contribution in [0.3, 0.4) is 0 Å². The Bertz CT molecular complexity index is 468. The summed E-state index contributed by atoms with van der Waals surface area (Å²) >= 11 is 0. The highest BCUT2D eigenvalue weighted by atomic mass is 16.3. The smallest absolute Gasteiger partial charge is 0.157 e. The summed E-state index contributed by atoms with van der Waals surface area (Å²) in [5, 5.41) is 13.2. The number of rotatable bonds is 0. The van der Waals surface area contributed by atoms with Crippen LogP contribution in [0.2, 0.25) is 0 Å². The molecule has 2 rings (SSSR count). The molecule has 2 aromatic rings. The fourth-order valence-corrected chi connectivity index (χ4v) is 1.23. The first-order valence-electron chi connectivity index (χ1n) is 4.52. The van der Waals surface area contributed by atoms with E-state index in [1.807, 2.05) is 6.20 Å². The van der Waals surface area contributed by atoms with E-state index in [0.29, 0.717) is 5.65 Å². The summed E-state index contributed by atoms with van der Waals surface area (Å²) in [6, 6.07) is 1.60. The van der Waals surface area contributed by atoms with E-state index in [0.717, 1.165) is 5.69 Å². The average molecular weight is 191 g/mol. The Hall–Kier alpha value is -1.58. The summed E-state index contributed by atoms with van der Waals surface area (Å²) in [6.07, 6.45) is 3.29. The van der Waals surface area contributed by atoms with Crippen molar-refractivity contribution in [2.75, 3.05) is 0 Å². The van der Waals surface area contributed by atoms with Crippen LogP contribution in [0.1, 0.15) is 26.5 Å². The van der Waals surface area contributed by atoms with Crippen molar-refractivity contribution in [3.8, 4) is 5.75 Å². The van der Waals surface area contributed by atoms with E-state index in [9.17, 15) is 5.11 Å². The van der Waals surface area contributed by atoms with E-state index in [-0.39, 0.29) is 11.2 Å². The first-order chi connectivity index (χ1) is 6.47. The van der Waals surface area contributed by atoms with Gasteiger partial charge in [-0.05, 0) is 0 Å². The van der Waals surface area contributed by atoms with Crippen LogP contribution in [0.5, 0.6) is 5.75 Å². The molecule has 14 heavy (non-hydrogen) atoms. The Balaban J connectivity index is 2.63. The lowest BCUT2D eigenvalue weighted by Crippen LogP contribution is -2.11. The van der Waals surface area contributed by atoms with Crippen LogP contribution in [0, 0.1) is 0 Å². The molecule has 4 heteroatoms. The van der Waals surface area contributed by atoms with Crippen molar-refractivity contribution >= 4 is 5.65 Å². The fourth-order valence-electron chi connectivity index (χ4n) is 1.23. The van der Waals surface area contributed by atoms with Gasteiger partial charge in [-0.2, -0.15) is 5.10 Å². The van der Waals surface area contributed by atoms with Crippen molar-refractivity contribution in [3.63, 3.8) is 0 Å². The van der Waals surface area contributed by atoms with Gasteiger partial charge in [0.2, 0.25) is 0 Å². The maximum Gasteiger partial charge on any atom is 0.157 e. The van der Waals surface area contributed by atoms with E-state index in [4.69, 9.17) is 0 Å². The molecule has 0 spiro atoms. The topological polar surface area (TPSA) is 50.4 Å². The van der Waals surface area contributed by atoms with Crippen LogP contribution in [0.4, 0.5) is 0 Å². The molecule has 0 aliphatic rings. The highest BCUT2D eigenvalue weighted by Crippen LogP contribution is 2.21. The van der Waals surface area contributed by atoms with Crippen molar-refractivity contribution in [1.82, 2.24) is 14.6 Å². The van der Waals surface area contributed by atoms with Crippen LogP contribution < -0.4 is 0 Å². The molecule has 0 fully saturated rings. The van der Waals surface area contributed by atoms with Gasteiger partial charge in [-0.25, -0.2) is 9.50 Å². The van der Waals surface area contributed by atoms with Crippen molar-refractivity contribution in [3.05, 3.63) is 24.2 Å². The third-order valence-corrected chi connectivity index (χ3v) is 2.07. The predicted molar refractivity (Wildman–Crippen MR) is 53.4 cm³/mol. The van der Waals surface area contributed by atoms with Crippen LogP contribution in [0.15, 0.2) is 18.5 Å². The van der Waals surface area contributed by atoms with Gasteiger partial charge in [-0.3, -0.25) is 0 Å². The van der Waals surface area contributed by atoms with Gasteiger partial charge in [0.25, 0.3) is 0 Å². The quantitative estimate of drug-likeness (QED) is 0.690. The highest BCUT2D eigenvalue weighted by Gasteiger charge is 2.17. The van der Waals surface area contributed by atoms with E-state index in [2.05, 4.69) is 30.9 Å². The number of fused-ring (bicyclic) bond motifs is 1. The van der Waals surface area contributed by atoms with Gasteiger partial charge >= 0.3 is 0 Å². The number of imidazole rings is 1. The van der Waals surface area contributed by atoms with Crippen LogP contribution >= 0.6 is 0 Å². The van der Waals surface area contributed by atoms with Crippen LogP contribution in [-0.2, 0) is 5.41 Å². The van der Waals surface area contributed by atoms with Gasteiger partial charge in [0, 0.05) is 11.5 Å². The highest BCUT2D eigenvalue weighted by molar-refractivity contribution is 5.43. The SMILES string of the molecule is CC(C)(C)c1cn2ncc(O)cc2n1. The molecule has 1 N–H and O–H groups in total. The summed E-state index contributed by atoms with van der Waals surface area (Å²) < 4.78 is 1.67. The summed E-state index contributed by atoms with van der Waals surface area (Å²) in [4.78, 5) is 4.39. The Kier molecular flexibility index (Phi) is 1.74. The molecule has 0 radical (unpaired) electrons. The predicted octanol–water partition coefficient (Wildman–Crippen LogP) is 1.73. The second-order valence-corrected chi connectivity index (χ2v) is 4.39. The number of nitrogens with zero attached hydrogens (tertiary/aromatic N) is 3. The summed E-state index contributed by atoms with van der Waals surface area (Å²) in [5.74, 6) is 0.142. The molecule has 0 saturated carbocycles. The van der Waals surface area contributed by atoms with E-state index < -0.39 is 0 Å². The van der Waals surface area contributed by atoms with Gasteiger partial charge in [-0.1, -0.05) is 20.8 Å². The number of aromatic hydroxyl groups is 1. The zero-order valence-corrected chi connectivity index (χ0v) is 8.52. The Labute approximate surface area is 82.2 Å². The standard InChI is InChI=1S/C10H13N3O/c1-10(2,3)8-6-13-9(12-8)4-7(14)5-11-13/h4-6,14H,1-3H3. The molecule has 0 unspecified atom stereocenters. The third kappa shape index (κ3) is 1.43. The molecule has 0 aromatic carbocycles. The Morgan fingerprint density at radius 3 is 2.71 bits per heavy atom. The number of hydrogen-bond acceptors (Lipinski definition) is 3. The van der Waals surface area contributed by atoms with E-state index >= 15 is 0 Å². The van der Waals surface area contributed by atoms with Gasteiger partial charge in [-0.15, -0.1) is 0 Å². The molecule has 2 heterocycles.